The molecule has 2 aromatic heterocycles. The molecule has 0 aromatic carbocycles. The molecule has 1 amide bonds. The second-order valence-electron chi connectivity index (χ2n) is 3.75. The Hall–Kier alpha value is -2.18. The molecule has 0 unspecified atom stereocenters. The lowest BCUT2D eigenvalue weighted by molar-refractivity contribution is 0.102. The molecule has 7 nitrogen and oxygen atoms in total. The van der Waals surface area contributed by atoms with Crippen molar-refractivity contribution in [3.05, 3.63) is 24.2 Å². The molecule has 0 saturated heterocycles. The first-order valence-electron chi connectivity index (χ1n) is 5.04. The van der Waals surface area contributed by atoms with E-state index in [-0.39, 0.29) is 5.91 Å². The van der Waals surface area contributed by atoms with E-state index >= 15 is 0 Å². The quantitative estimate of drug-likeness (QED) is 0.789. The Morgan fingerprint density at radius 1 is 1.50 bits per heavy atom. The van der Waals surface area contributed by atoms with E-state index in [2.05, 4.69) is 25.8 Å². The van der Waals surface area contributed by atoms with Crippen molar-refractivity contribution in [3.63, 3.8) is 0 Å². The van der Waals surface area contributed by atoms with E-state index in [1.54, 1.807) is 12.4 Å². The van der Waals surface area contributed by atoms with Gasteiger partial charge in [-0.25, -0.2) is 0 Å². The lowest BCUT2D eigenvalue weighted by Crippen LogP contribution is -2.11. The van der Waals surface area contributed by atoms with E-state index in [4.69, 9.17) is 0 Å². The van der Waals surface area contributed by atoms with Crippen LogP contribution in [0.25, 0.3) is 0 Å². The molecule has 0 aliphatic heterocycles. The van der Waals surface area contributed by atoms with Gasteiger partial charge < -0.3 is 5.32 Å². The van der Waals surface area contributed by atoms with Gasteiger partial charge in [-0.2, -0.15) is 15.4 Å². The zero-order valence-electron chi connectivity index (χ0n) is 8.42. The number of nitrogens with one attached hydrogen (secondary N) is 2. The Balaban J connectivity index is 1.73. The van der Waals surface area contributed by atoms with Crippen molar-refractivity contribution in [1.29, 1.82) is 0 Å². The van der Waals surface area contributed by atoms with Gasteiger partial charge in [0.25, 0.3) is 5.91 Å². The number of hydrogen-bond acceptors (Lipinski definition) is 4. The van der Waals surface area contributed by atoms with E-state index in [1.807, 2.05) is 4.68 Å². The van der Waals surface area contributed by atoms with Crippen molar-refractivity contribution < 1.29 is 4.79 Å². The van der Waals surface area contributed by atoms with Gasteiger partial charge in [0, 0.05) is 6.20 Å². The van der Waals surface area contributed by atoms with Crippen LogP contribution in [0.1, 0.15) is 29.2 Å². The van der Waals surface area contributed by atoms with Crippen LogP contribution in [-0.4, -0.2) is 31.1 Å². The van der Waals surface area contributed by atoms with E-state index in [0.29, 0.717) is 17.4 Å². The molecule has 2 N–H and O–H groups in total. The molecule has 0 atom stereocenters. The first kappa shape index (κ1) is 9.08. The van der Waals surface area contributed by atoms with Gasteiger partial charge in [-0.05, 0) is 12.8 Å². The van der Waals surface area contributed by atoms with Gasteiger partial charge in [0.15, 0.2) is 5.82 Å². The number of anilines is 1. The van der Waals surface area contributed by atoms with Gasteiger partial charge in [0.1, 0.15) is 0 Å². The van der Waals surface area contributed by atoms with E-state index in [0.717, 1.165) is 12.8 Å². The van der Waals surface area contributed by atoms with Crippen LogP contribution in [-0.2, 0) is 0 Å². The predicted molar refractivity (Wildman–Crippen MR) is 54.8 cm³/mol. The van der Waals surface area contributed by atoms with Gasteiger partial charge in [-0.3, -0.25) is 9.48 Å². The maximum Gasteiger partial charge on any atom is 0.260 e. The highest BCUT2D eigenvalue weighted by Crippen LogP contribution is 2.33. The second kappa shape index (κ2) is 3.44. The maximum atomic E-state index is 11.7. The summed E-state index contributed by atoms with van der Waals surface area (Å²) < 4.78 is 1.83. The average Bonchev–Trinajstić information content (AvgIpc) is 2.82. The summed E-state index contributed by atoms with van der Waals surface area (Å²) in [5.74, 6) is 0.185. The minimum absolute atomic E-state index is 0.221. The molecule has 3 rings (SSSR count). The van der Waals surface area contributed by atoms with Crippen LogP contribution in [0.15, 0.2) is 18.6 Å². The van der Waals surface area contributed by atoms with Crippen LogP contribution in [0, 0.1) is 0 Å². The highest BCUT2D eigenvalue weighted by Gasteiger charge is 2.25. The second-order valence-corrected chi connectivity index (χ2v) is 3.75. The lowest BCUT2D eigenvalue weighted by atomic mass is 10.3. The van der Waals surface area contributed by atoms with Crippen molar-refractivity contribution in [2.45, 2.75) is 18.9 Å². The van der Waals surface area contributed by atoms with E-state index in [9.17, 15) is 4.79 Å². The maximum absolute atomic E-state index is 11.7. The molecule has 16 heavy (non-hydrogen) atoms. The number of aromatic nitrogens is 5. The number of carbonyl (C=O) groups is 1. The topological polar surface area (TPSA) is 88.5 Å². The van der Waals surface area contributed by atoms with E-state index in [1.165, 1.54) is 6.20 Å². The molecule has 2 heterocycles. The smallest absolute Gasteiger partial charge is 0.260 e. The molecular formula is C9H10N6O. The molecular weight excluding hydrogens is 208 g/mol. The fourth-order valence-corrected chi connectivity index (χ4v) is 1.44. The van der Waals surface area contributed by atoms with Crippen LogP contribution in [0.3, 0.4) is 0 Å². The standard InChI is InChI=1S/C9H10N6O/c16-9(12-8-4-10-14-13-8)6-3-11-15(5-6)7-1-2-7/h3-5,7H,1-2H2,(H2,10,12,13,14,16). The van der Waals surface area contributed by atoms with Crippen LogP contribution in [0.2, 0.25) is 0 Å². The number of nitrogens with zero attached hydrogens (tertiary/aromatic N) is 4. The molecule has 82 valence electrons. The molecule has 0 bridgehead atoms. The zero-order valence-corrected chi connectivity index (χ0v) is 8.42. The predicted octanol–water partition coefficient (Wildman–Crippen LogP) is 0.588. The van der Waals surface area contributed by atoms with Crippen LogP contribution >= 0.6 is 0 Å². The third-order valence-corrected chi connectivity index (χ3v) is 2.44. The van der Waals surface area contributed by atoms with Gasteiger partial charge >= 0.3 is 0 Å². The first-order valence-corrected chi connectivity index (χ1v) is 5.04. The zero-order chi connectivity index (χ0) is 11.0. The number of H-pyrrole nitrogens is 1. The number of carbonyl (C=O) groups excluding carboxylic acids is 1. The normalized spacial score (nSPS) is 15.0. The summed E-state index contributed by atoms with van der Waals surface area (Å²) in [6, 6.07) is 0.480. The van der Waals surface area contributed by atoms with Crippen LogP contribution in [0.4, 0.5) is 5.82 Å². The van der Waals surface area contributed by atoms with Crippen molar-refractivity contribution in [3.8, 4) is 0 Å². The summed E-state index contributed by atoms with van der Waals surface area (Å²) in [6.45, 7) is 0. The van der Waals surface area contributed by atoms with Gasteiger partial charge in [0.05, 0.1) is 24.0 Å². The van der Waals surface area contributed by atoms with Crippen molar-refractivity contribution in [2.75, 3.05) is 5.32 Å². The van der Waals surface area contributed by atoms with E-state index < -0.39 is 0 Å². The van der Waals surface area contributed by atoms with Crippen molar-refractivity contribution >= 4 is 11.7 Å². The third-order valence-electron chi connectivity index (χ3n) is 2.44. The summed E-state index contributed by atoms with van der Waals surface area (Å²) in [4.78, 5) is 11.7. The fraction of sp³-hybridized carbons (Fsp3) is 0.333. The Morgan fingerprint density at radius 2 is 2.38 bits per heavy atom. The molecule has 2 aromatic rings. The Labute approximate surface area is 90.8 Å². The molecule has 0 radical (unpaired) electrons. The largest absolute Gasteiger partial charge is 0.304 e. The highest BCUT2D eigenvalue weighted by atomic mass is 16.1. The molecule has 0 spiro atoms. The molecule has 7 heteroatoms. The number of rotatable bonds is 3. The molecule has 1 saturated carbocycles. The minimum atomic E-state index is -0.221. The Kier molecular flexibility index (Phi) is 1.95. The van der Waals surface area contributed by atoms with Crippen LogP contribution in [0.5, 0.6) is 0 Å². The van der Waals surface area contributed by atoms with Crippen molar-refractivity contribution in [1.82, 2.24) is 25.2 Å². The van der Waals surface area contributed by atoms with Crippen molar-refractivity contribution in [2.24, 2.45) is 0 Å². The van der Waals surface area contributed by atoms with Gasteiger partial charge in [-0.15, -0.1) is 5.10 Å². The Bertz CT molecular complexity index is 498. The van der Waals surface area contributed by atoms with Gasteiger partial charge in [-0.1, -0.05) is 0 Å². The lowest BCUT2D eigenvalue weighted by Gasteiger charge is -1.97. The summed E-state index contributed by atoms with van der Waals surface area (Å²) in [5.41, 5.74) is 0.537. The first-order chi connectivity index (χ1) is 7.83. The highest BCUT2D eigenvalue weighted by molar-refractivity contribution is 6.03. The summed E-state index contributed by atoms with van der Waals surface area (Å²) >= 11 is 0. The number of hydrogen-bond donors (Lipinski definition) is 2. The minimum Gasteiger partial charge on any atom is -0.304 e. The monoisotopic (exact) mass is 218 g/mol. The summed E-state index contributed by atoms with van der Waals surface area (Å²) in [6.07, 6.45) is 7.06. The SMILES string of the molecule is O=C(Nc1cn[nH]n1)c1cnn(C2CC2)c1. The average molecular weight is 218 g/mol. The van der Waals surface area contributed by atoms with Gasteiger partial charge in [0.2, 0.25) is 0 Å². The van der Waals surface area contributed by atoms with Crippen LogP contribution < -0.4 is 5.32 Å². The number of aromatic amines is 1. The summed E-state index contributed by atoms with van der Waals surface area (Å²) in [7, 11) is 0. The Morgan fingerprint density at radius 3 is 3.06 bits per heavy atom. The third kappa shape index (κ3) is 1.67. The fourth-order valence-electron chi connectivity index (χ4n) is 1.44. The molecule has 1 aliphatic carbocycles. The molecule has 1 aliphatic rings. The molecule has 1 fully saturated rings. The summed E-state index contributed by atoms with van der Waals surface area (Å²) in [5, 5.41) is 16.5. The number of amides is 1.